The molecule has 0 aliphatic carbocycles. The molecule has 2 amide bonds. The second-order valence-electron chi connectivity index (χ2n) is 7.36. The molecule has 0 heterocycles. The normalized spacial score (nSPS) is 11.0. The van der Waals surface area contributed by atoms with Crippen LogP contribution in [-0.2, 0) is 9.59 Å². The van der Waals surface area contributed by atoms with Crippen molar-refractivity contribution in [1.82, 2.24) is 10.2 Å². The number of hydrogen-bond donors (Lipinski definition) is 1. The van der Waals surface area contributed by atoms with Gasteiger partial charge < -0.3 is 15.0 Å². The summed E-state index contributed by atoms with van der Waals surface area (Å²) in [6.45, 7) is 7.93. The highest BCUT2D eigenvalue weighted by Crippen LogP contribution is 2.29. The first-order chi connectivity index (χ1) is 12.8. The molecule has 0 radical (unpaired) electrons. The molecular formula is C22H28N2O3. The van der Waals surface area contributed by atoms with Crippen molar-refractivity contribution in [2.45, 2.75) is 33.2 Å². The molecule has 27 heavy (non-hydrogen) atoms. The molecule has 144 valence electrons. The minimum absolute atomic E-state index is 0.0241. The molecule has 1 N–H and O–H groups in total. The van der Waals surface area contributed by atoms with Crippen LogP contribution in [0.4, 0.5) is 0 Å². The number of carbonyl (C=O) groups is 2. The zero-order chi connectivity index (χ0) is 19.9. The second-order valence-corrected chi connectivity index (χ2v) is 7.36. The van der Waals surface area contributed by atoms with Crippen LogP contribution in [0.2, 0.25) is 0 Å². The van der Waals surface area contributed by atoms with Gasteiger partial charge in [0.2, 0.25) is 5.91 Å². The number of amides is 2. The van der Waals surface area contributed by atoms with E-state index in [1.54, 1.807) is 0 Å². The Labute approximate surface area is 161 Å². The highest BCUT2D eigenvalue weighted by molar-refractivity contribution is 5.86. The number of para-hydroxylation sites is 1. The van der Waals surface area contributed by atoms with Gasteiger partial charge in [0.15, 0.2) is 6.61 Å². The molecule has 0 bridgehead atoms. The number of hydrogen-bond acceptors (Lipinski definition) is 3. The molecule has 0 aliphatic heterocycles. The van der Waals surface area contributed by atoms with E-state index in [1.807, 2.05) is 82.3 Å². The van der Waals surface area contributed by atoms with Crippen LogP contribution in [0.1, 0.15) is 27.7 Å². The molecule has 0 unspecified atom stereocenters. The molecule has 0 aromatic heterocycles. The molecule has 0 saturated carbocycles. The predicted molar refractivity (Wildman–Crippen MR) is 108 cm³/mol. The van der Waals surface area contributed by atoms with Gasteiger partial charge in [-0.2, -0.15) is 0 Å². The van der Waals surface area contributed by atoms with Crippen molar-refractivity contribution in [2.24, 2.45) is 0 Å². The Morgan fingerprint density at radius 1 is 1.00 bits per heavy atom. The van der Waals surface area contributed by atoms with E-state index in [1.165, 1.54) is 4.90 Å². The SMILES string of the molecule is CCN(CC(=O)NC(C)(C)C)C(=O)COc1ccccc1-c1ccccc1. The van der Waals surface area contributed by atoms with E-state index >= 15 is 0 Å². The second kappa shape index (κ2) is 9.21. The zero-order valence-electron chi connectivity index (χ0n) is 16.5. The summed E-state index contributed by atoms with van der Waals surface area (Å²) in [4.78, 5) is 26.1. The lowest BCUT2D eigenvalue weighted by atomic mass is 10.1. The maximum absolute atomic E-state index is 12.5. The van der Waals surface area contributed by atoms with Gasteiger partial charge in [-0.1, -0.05) is 48.5 Å². The van der Waals surface area contributed by atoms with Gasteiger partial charge in [0.25, 0.3) is 5.91 Å². The summed E-state index contributed by atoms with van der Waals surface area (Å²) in [6.07, 6.45) is 0. The van der Waals surface area contributed by atoms with E-state index in [0.717, 1.165) is 11.1 Å². The van der Waals surface area contributed by atoms with Crippen LogP contribution in [0.3, 0.4) is 0 Å². The average Bonchev–Trinajstić information content (AvgIpc) is 2.63. The molecule has 2 rings (SSSR count). The molecule has 0 saturated heterocycles. The lowest BCUT2D eigenvalue weighted by molar-refractivity contribution is -0.137. The summed E-state index contributed by atoms with van der Waals surface area (Å²) in [6, 6.07) is 17.5. The largest absolute Gasteiger partial charge is 0.483 e. The molecule has 2 aromatic rings. The molecule has 0 spiro atoms. The zero-order valence-corrected chi connectivity index (χ0v) is 16.5. The Balaban J connectivity index is 2.01. The molecule has 0 aliphatic rings. The van der Waals surface area contributed by atoms with E-state index in [4.69, 9.17) is 4.74 Å². The first-order valence-electron chi connectivity index (χ1n) is 9.16. The summed E-state index contributed by atoms with van der Waals surface area (Å²) in [5.41, 5.74) is 1.63. The summed E-state index contributed by atoms with van der Waals surface area (Å²) in [5.74, 6) is 0.249. The number of rotatable bonds is 7. The van der Waals surface area contributed by atoms with Gasteiger partial charge in [-0.25, -0.2) is 0 Å². The van der Waals surface area contributed by atoms with Crippen LogP contribution in [0.25, 0.3) is 11.1 Å². The standard InChI is InChI=1S/C22H28N2O3/c1-5-24(15-20(25)23-22(2,3)4)21(26)16-27-19-14-10-9-13-18(19)17-11-7-6-8-12-17/h6-14H,5,15-16H2,1-4H3,(H,23,25). The fourth-order valence-electron chi connectivity index (χ4n) is 2.69. The van der Waals surface area contributed by atoms with Crippen molar-refractivity contribution in [3.8, 4) is 16.9 Å². The maximum Gasteiger partial charge on any atom is 0.260 e. The van der Waals surface area contributed by atoms with Gasteiger partial charge in [-0.05, 0) is 39.3 Å². The van der Waals surface area contributed by atoms with Gasteiger partial charge in [0.1, 0.15) is 5.75 Å². The average molecular weight is 368 g/mol. The third-order valence-corrected chi connectivity index (χ3v) is 3.91. The number of carbonyl (C=O) groups excluding carboxylic acids is 2. The first-order valence-corrected chi connectivity index (χ1v) is 9.16. The van der Waals surface area contributed by atoms with Crippen LogP contribution in [0, 0.1) is 0 Å². The Morgan fingerprint density at radius 2 is 1.63 bits per heavy atom. The molecule has 5 heteroatoms. The molecular weight excluding hydrogens is 340 g/mol. The Kier molecular flexibility index (Phi) is 6.99. The van der Waals surface area contributed by atoms with Crippen molar-refractivity contribution in [3.63, 3.8) is 0 Å². The van der Waals surface area contributed by atoms with Crippen molar-refractivity contribution in [3.05, 3.63) is 54.6 Å². The molecule has 2 aromatic carbocycles. The Bertz CT molecular complexity index is 767. The van der Waals surface area contributed by atoms with Crippen LogP contribution in [0.5, 0.6) is 5.75 Å². The summed E-state index contributed by atoms with van der Waals surface area (Å²) in [7, 11) is 0. The van der Waals surface area contributed by atoms with Gasteiger partial charge in [-0.15, -0.1) is 0 Å². The lowest BCUT2D eigenvalue weighted by Gasteiger charge is -2.25. The van der Waals surface area contributed by atoms with E-state index < -0.39 is 0 Å². The van der Waals surface area contributed by atoms with Crippen molar-refractivity contribution >= 4 is 11.8 Å². The van der Waals surface area contributed by atoms with Gasteiger partial charge in [-0.3, -0.25) is 9.59 Å². The number of benzene rings is 2. The molecule has 0 fully saturated rings. The Hall–Kier alpha value is -2.82. The lowest BCUT2D eigenvalue weighted by Crippen LogP contribution is -2.48. The van der Waals surface area contributed by atoms with Crippen LogP contribution in [-0.4, -0.2) is 41.9 Å². The highest BCUT2D eigenvalue weighted by atomic mass is 16.5. The maximum atomic E-state index is 12.5. The van der Waals surface area contributed by atoms with Crippen molar-refractivity contribution in [2.75, 3.05) is 19.7 Å². The predicted octanol–water partition coefficient (Wildman–Crippen LogP) is 3.50. The van der Waals surface area contributed by atoms with Crippen LogP contribution < -0.4 is 10.1 Å². The van der Waals surface area contributed by atoms with E-state index in [9.17, 15) is 9.59 Å². The summed E-state index contributed by atoms with van der Waals surface area (Å²) < 4.78 is 5.80. The molecule has 0 atom stereocenters. The van der Waals surface area contributed by atoms with E-state index in [-0.39, 0.29) is 30.5 Å². The van der Waals surface area contributed by atoms with Crippen LogP contribution in [0.15, 0.2) is 54.6 Å². The first kappa shape index (κ1) is 20.5. The highest BCUT2D eigenvalue weighted by Gasteiger charge is 2.20. The fourth-order valence-corrected chi connectivity index (χ4v) is 2.69. The summed E-state index contributed by atoms with van der Waals surface area (Å²) in [5, 5.41) is 2.87. The third-order valence-electron chi connectivity index (χ3n) is 3.91. The monoisotopic (exact) mass is 368 g/mol. The van der Waals surface area contributed by atoms with Gasteiger partial charge >= 0.3 is 0 Å². The van der Waals surface area contributed by atoms with E-state index in [0.29, 0.717) is 12.3 Å². The topological polar surface area (TPSA) is 58.6 Å². The minimum Gasteiger partial charge on any atom is -0.483 e. The van der Waals surface area contributed by atoms with Crippen molar-refractivity contribution in [1.29, 1.82) is 0 Å². The van der Waals surface area contributed by atoms with Crippen LogP contribution >= 0.6 is 0 Å². The quantitative estimate of drug-likeness (QED) is 0.814. The van der Waals surface area contributed by atoms with Gasteiger partial charge in [0.05, 0.1) is 6.54 Å². The number of nitrogens with zero attached hydrogens (tertiary/aromatic N) is 1. The Morgan fingerprint density at radius 3 is 2.26 bits per heavy atom. The van der Waals surface area contributed by atoms with Crippen molar-refractivity contribution < 1.29 is 14.3 Å². The molecule has 5 nitrogen and oxygen atoms in total. The van der Waals surface area contributed by atoms with Gasteiger partial charge in [0, 0.05) is 17.6 Å². The number of nitrogens with one attached hydrogen (secondary N) is 1. The van der Waals surface area contributed by atoms with E-state index in [2.05, 4.69) is 5.32 Å². The number of likely N-dealkylation sites (N-methyl/N-ethyl adjacent to an activating group) is 1. The fraction of sp³-hybridized carbons (Fsp3) is 0.364. The number of ether oxygens (including phenoxy) is 1. The minimum atomic E-state index is -0.329. The third kappa shape index (κ3) is 6.44. The summed E-state index contributed by atoms with van der Waals surface area (Å²) >= 11 is 0. The smallest absolute Gasteiger partial charge is 0.260 e.